The largest absolute Gasteiger partial charge is 0.354 e. The number of rotatable bonds is 7. The van der Waals surface area contributed by atoms with Crippen molar-refractivity contribution in [3.05, 3.63) is 56.2 Å². The topological polar surface area (TPSA) is 32.3 Å². The molecule has 0 saturated heterocycles. The molecule has 2 aromatic rings. The summed E-state index contributed by atoms with van der Waals surface area (Å²) in [5.74, 6) is 0.0260. The van der Waals surface area contributed by atoms with Gasteiger partial charge in [-0.15, -0.1) is 0 Å². The van der Waals surface area contributed by atoms with Crippen molar-refractivity contribution in [3.8, 4) is 0 Å². The number of aryl methyl sites for hydroxylation is 1. The molecule has 0 bridgehead atoms. The van der Waals surface area contributed by atoms with Gasteiger partial charge in [0.25, 0.3) is 0 Å². The number of halogens is 2. The lowest BCUT2D eigenvalue weighted by Gasteiger charge is -2.24. The van der Waals surface area contributed by atoms with Gasteiger partial charge in [-0.3, -0.25) is 4.79 Å². The molecule has 0 aliphatic heterocycles. The average Bonchev–Trinajstić information content (AvgIpc) is 3.00. The highest BCUT2D eigenvalue weighted by Gasteiger charge is 2.15. The number of carbonyl (C=O) groups is 1. The van der Waals surface area contributed by atoms with E-state index in [2.05, 4.69) is 27.0 Å². The van der Waals surface area contributed by atoms with Crippen LogP contribution in [-0.2, 0) is 11.2 Å². The van der Waals surface area contributed by atoms with Crippen LogP contribution in [0.5, 0.6) is 0 Å². The average molecular weight is 371 g/mol. The van der Waals surface area contributed by atoms with Gasteiger partial charge in [0, 0.05) is 23.0 Å². The third kappa shape index (κ3) is 5.50. The minimum atomic E-state index is 0.0260. The van der Waals surface area contributed by atoms with Crippen LogP contribution in [-0.4, -0.2) is 31.4 Å². The molecule has 3 nitrogen and oxygen atoms in total. The van der Waals surface area contributed by atoms with E-state index in [1.54, 1.807) is 23.5 Å². The molecule has 0 unspecified atom stereocenters. The Balaban J connectivity index is 1.84. The molecule has 124 valence electrons. The predicted octanol–water partition coefficient (Wildman–Crippen LogP) is 4.41. The normalized spacial score (nSPS) is 12.4. The maximum absolute atomic E-state index is 12.1. The van der Waals surface area contributed by atoms with Crippen LogP contribution in [0.25, 0.3) is 0 Å². The van der Waals surface area contributed by atoms with Gasteiger partial charge in [-0.05, 0) is 60.6 Å². The van der Waals surface area contributed by atoms with Gasteiger partial charge < -0.3 is 10.2 Å². The van der Waals surface area contributed by atoms with Crippen molar-refractivity contribution in [2.45, 2.75) is 18.9 Å². The number of thiophene rings is 1. The van der Waals surface area contributed by atoms with E-state index < -0.39 is 0 Å². The second kappa shape index (κ2) is 8.69. The summed E-state index contributed by atoms with van der Waals surface area (Å²) >= 11 is 13.7. The molecular weight excluding hydrogens is 351 g/mol. The Bertz CT molecular complexity index is 644. The van der Waals surface area contributed by atoms with E-state index in [0.29, 0.717) is 29.4 Å². The Morgan fingerprint density at radius 2 is 2.09 bits per heavy atom. The molecular formula is C17H20Cl2N2OS. The number of hydrogen-bond donors (Lipinski definition) is 1. The molecule has 0 saturated carbocycles. The molecule has 1 N–H and O–H groups in total. The van der Waals surface area contributed by atoms with Crippen molar-refractivity contribution >= 4 is 40.4 Å². The molecule has 0 spiro atoms. The Hall–Kier alpha value is -1.07. The van der Waals surface area contributed by atoms with Crippen LogP contribution < -0.4 is 5.32 Å². The zero-order valence-corrected chi connectivity index (χ0v) is 15.5. The monoisotopic (exact) mass is 370 g/mol. The smallest absolute Gasteiger partial charge is 0.220 e. The lowest BCUT2D eigenvalue weighted by atomic mass is 10.1. The maximum Gasteiger partial charge on any atom is 0.220 e. The number of hydrogen-bond acceptors (Lipinski definition) is 3. The standard InChI is InChI=1S/C17H20Cl2N2OS/c1-21(2)16(13-7-8-23-11-13)10-20-17(22)6-4-12-3-5-14(18)9-15(12)19/h3,5,7-9,11,16H,4,6,10H2,1-2H3,(H,20,22)/t16-/m0/s1. The molecule has 1 heterocycles. The molecule has 2 rings (SSSR count). The summed E-state index contributed by atoms with van der Waals surface area (Å²) in [5, 5.41) is 8.39. The molecule has 0 aliphatic carbocycles. The van der Waals surface area contributed by atoms with Crippen LogP contribution in [0, 0.1) is 0 Å². The van der Waals surface area contributed by atoms with Gasteiger partial charge in [0.05, 0.1) is 6.04 Å². The summed E-state index contributed by atoms with van der Waals surface area (Å²) in [7, 11) is 4.03. The molecule has 1 atom stereocenters. The van der Waals surface area contributed by atoms with Crippen molar-refractivity contribution < 1.29 is 4.79 Å². The summed E-state index contributed by atoms with van der Waals surface area (Å²) in [5.41, 5.74) is 2.16. The Morgan fingerprint density at radius 1 is 1.30 bits per heavy atom. The first-order chi connectivity index (χ1) is 11.0. The molecule has 0 radical (unpaired) electrons. The summed E-state index contributed by atoms with van der Waals surface area (Å²) < 4.78 is 0. The third-order valence-corrected chi connectivity index (χ3v) is 4.97. The summed E-state index contributed by atoms with van der Waals surface area (Å²) in [4.78, 5) is 14.2. The summed E-state index contributed by atoms with van der Waals surface area (Å²) in [6.07, 6.45) is 1.01. The fourth-order valence-corrected chi connectivity index (χ4v) is 3.54. The molecule has 23 heavy (non-hydrogen) atoms. The van der Waals surface area contributed by atoms with Gasteiger partial charge >= 0.3 is 0 Å². The van der Waals surface area contributed by atoms with Gasteiger partial charge in [0.2, 0.25) is 5.91 Å². The Morgan fingerprint density at radius 3 is 2.70 bits per heavy atom. The van der Waals surface area contributed by atoms with Crippen LogP contribution in [0.3, 0.4) is 0 Å². The first-order valence-corrected chi connectivity index (χ1v) is 9.06. The summed E-state index contributed by atoms with van der Waals surface area (Å²) in [6.45, 7) is 0.594. The van der Waals surface area contributed by atoms with Crippen LogP contribution >= 0.6 is 34.5 Å². The van der Waals surface area contributed by atoms with Crippen LogP contribution in [0.15, 0.2) is 35.0 Å². The fourth-order valence-electron chi connectivity index (χ4n) is 2.33. The van der Waals surface area contributed by atoms with Crippen molar-refractivity contribution in [2.24, 2.45) is 0 Å². The van der Waals surface area contributed by atoms with Crippen LogP contribution in [0.4, 0.5) is 0 Å². The molecule has 1 aromatic heterocycles. The van der Waals surface area contributed by atoms with E-state index in [9.17, 15) is 4.79 Å². The maximum atomic E-state index is 12.1. The quantitative estimate of drug-likeness (QED) is 0.782. The highest BCUT2D eigenvalue weighted by Crippen LogP contribution is 2.22. The lowest BCUT2D eigenvalue weighted by Crippen LogP contribution is -2.34. The summed E-state index contributed by atoms with van der Waals surface area (Å²) in [6, 6.07) is 7.64. The van der Waals surface area contributed by atoms with Crippen molar-refractivity contribution in [1.29, 1.82) is 0 Å². The van der Waals surface area contributed by atoms with E-state index in [4.69, 9.17) is 23.2 Å². The predicted molar refractivity (Wildman–Crippen MR) is 98.5 cm³/mol. The number of nitrogens with one attached hydrogen (secondary N) is 1. The van der Waals surface area contributed by atoms with E-state index in [1.807, 2.05) is 20.2 Å². The van der Waals surface area contributed by atoms with Crippen LogP contribution in [0.1, 0.15) is 23.6 Å². The molecule has 1 aromatic carbocycles. The molecule has 0 aliphatic rings. The number of benzene rings is 1. The molecule has 1 amide bonds. The second-order valence-corrected chi connectivity index (χ2v) is 7.20. The first kappa shape index (κ1) is 18.3. The SMILES string of the molecule is CN(C)[C@@H](CNC(=O)CCc1ccc(Cl)cc1Cl)c1ccsc1. The van der Waals surface area contributed by atoms with E-state index in [0.717, 1.165) is 5.56 Å². The lowest BCUT2D eigenvalue weighted by molar-refractivity contribution is -0.121. The number of nitrogens with zero attached hydrogens (tertiary/aromatic N) is 1. The molecule has 6 heteroatoms. The third-order valence-electron chi connectivity index (χ3n) is 3.68. The molecule has 0 fully saturated rings. The fraction of sp³-hybridized carbons (Fsp3) is 0.353. The highest BCUT2D eigenvalue weighted by atomic mass is 35.5. The zero-order valence-electron chi connectivity index (χ0n) is 13.2. The zero-order chi connectivity index (χ0) is 16.8. The first-order valence-electron chi connectivity index (χ1n) is 7.36. The highest BCUT2D eigenvalue weighted by molar-refractivity contribution is 7.07. The number of likely N-dealkylation sites (N-methyl/N-ethyl adjacent to an activating group) is 1. The second-order valence-electron chi connectivity index (χ2n) is 5.58. The van der Waals surface area contributed by atoms with Crippen molar-refractivity contribution in [1.82, 2.24) is 10.2 Å². The van der Waals surface area contributed by atoms with Gasteiger partial charge in [0.1, 0.15) is 0 Å². The Labute approximate surface area is 151 Å². The Kier molecular flexibility index (Phi) is 6.90. The van der Waals surface area contributed by atoms with Gasteiger partial charge in [0.15, 0.2) is 0 Å². The van der Waals surface area contributed by atoms with Crippen molar-refractivity contribution in [3.63, 3.8) is 0 Å². The number of amides is 1. The van der Waals surface area contributed by atoms with E-state index >= 15 is 0 Å². The van der Waals surface area contributed by atoms with Crippen molar-refractivity contribution in [2.75, 3.05) is 20.6 Å². The number of carbonyl (C=O) groups excluding carboxylic acids is 1. The van der Waals surface area contributed by atoms with E-state index in [-0.39, 0.29) is 11.9 Å². The minimum Gasteiger partial charge on any atom is -0.354 e. The van der Waals surface area contributed by atoms with Crippen LogP contribution in [0.2, 0.25) is 10.0 Å². The van der Waals surface area contributed by atoms with Gasteiger partial charge in [-0.1, -0.05) is 29.3 Å². The minimum absolute atomic E-state index is 0.0260. The van der Waals surface area contributed by atoms with Gasteiger partial charge in [-0.2, -0.15) is 11.3 Å². The van der Waals surface area contributed by atoms with Gasteiger partial charge in [-0.25, -0.2) is 0 Å². The van der Waals surface area contributed by atoms with E-state index in [1.165, 1.54) is 5.56 Å².